The summed E-state index contributed by atoms with van der Waals surface area (Å²) in [5, 5.41) is 12.4. The van der Waals surface area contributed by atoms with Crippen molar-refractivity contribution in [3.8, 4) is 0 Å². The molecule has 2 saturated carbocycles. The molecule has 0 aromatic carbocycles. The Balaban J connectivity index is 1.64. The zero-order chi connectivity index (χ0) is 12.3. The fraction of sp³-hybridized carbons (Fsp3) is 0.929. The summed E-state index contributed by atoms with van der Waals surface area (Å²) in [6.07, 6.45) is 7.38. The van der Waals surface area contributed by atoms with Crippen LogP contribution in [0.15, 0.2) is 0 Å². The Bertz CT molecular complexity index is 267. The third kappa shape index (κ3) is 3.44. The molecule has 0 aromatic heterocycles. The molecule has 0 aliphatic heterocycles. The molecule has 3 nitrogen and oxygen atoms in total. The molecular weight excluding hydrogens is 214 g/mol. The summed E-state index contributed by atoms with van der Waals surface area (Å²) in [4.78, 5) is 11.8. The number of carbonyl (C=O) groups excluding carboxylic acids is 1. The van der Waals surface area contributed by atoms with Crippen molar-refractivity contribution in [1.29, 1.82) is 0 Å². The first-order chi connectivity index (χ1) is 8.19. The highest BCUT2D eigenvalue weighted by atomic mass is 16.3. The maximum atomic E-state index is 11.8. The van der Waals surface area contributed by atoms with Crippen LogP contribution in [0.4, 0.5) is 0 Å². The fourth-order valence-electron chi connectivity index (χ4n) is 3.60. The first kappa shape index (κ1) is 12.9. The summed E-state index contributed by atoms with van der Waals surface area (Å²) in [5.41, 5.74) is 0. The van der Waals surface area contributed by atoms with Crippen LogP contribution in [0.25, 0.3) is 0 Å². The highest BCUT2D eigenvalue weighted by Gasteiger charge is 2.39. The SMILES string of the molecule is CCCC(O)CNC(=O)CC1CC2CCC1C2. The molecule has 2 aliphatic rings. The average molecular weight is 239 g/mol. The lowest BCUT2D eigenvalue weighted by Crippen LogP contribution is -2.33. The van der Waals surface area contributed by atoms with E-state index in [9.17, 15) is 9.90 Å². The molecule has 2 aliphatic carbocycles. The van der Waals surface area contributed by atoms with Gasteiger partial charge in [-0.05, 0) is 43.4 Å². The van der Waals surface area contributed by atoms with Crippen LogP contribution in [0.1, 0.15) is 51.9 Å². The number of nitrogens with one attached hydrogen (secondary N) is 1. The van der Waals surface area contributed by atoms with Crippen LogP contribution in [-0.2, 0) is 4.79 Å². The fourth-order valence-corrected chi connectivity index (χ4v) is 3.60. The van der Waals surface area contributed by atoms with E-state index in [-0.39, 0.29) is 12.0 Å². The number of rotatable bonds is 6. The van der Waals surface area contributed by atoms with E-state index >= 15 is 0 Å². The minimum absolute atomic E-state index is 0.137. The Kier molecular flexibility index (Phi) is 4.43. The summed E-state index contributed by atoms with van der Waals surface area (Å²) in [6, 6.07) is 0. The third-order valence-electron chi connectivity index (χ3n) is 4.49. The zero-order valence-electron chi connectivity index (χ0n) is 10.8. The van der Waals surface area contributed by atoms with Gasteiger partial charge in [-0.15, -0.1) is 0 Å². The molecule has 17 heavy (non-hydrogen) atoms. The lowest BCUT2D eigenvalue weighted by atomic mass is 9.86. The van der Waals surface area contributed by atoms with Gasteiger partial charge >= 0.3 is 0 Å². The van der Waals surface area contributed by atoms with Crippen molar-refractivity contribution in [1.82, 2.24) is 5.32 Å². The molecule has 0 spiro atoms. The highest BCUT2D eigenvalue weighted by Crippen LogP contribution is 2.49. The van der Waals surface area contributed by atoms with Crippen molar-refractivity contribution < 1.29 is 9.90 Å². The van der Waals surface area contributed by atoms with Gasteiger partial charge in [0.15, 0.2) is 0 Å². The second-order valence-electron chi connectivity index (χ2n) is 5.89. The maximum absolute atomic E-state index is 11.8. The molecule has 0 radical (unpaired) electrons. The van der Waals surface area contributed by atoms with E-state index in [1.54, 1.807) is 0 Å². The Morgan fingerprint density at radius 1 is 1.41 bits per heavy atom. The number of fused-ring (bicyclic) bond motifs is 2. The minimum Gasteiger partial charge on any atom is -0.391 e. The summed E-state index contributed by atoms with van der Waals surface area (Å²) in [6.45, 7) is 2.47. The average Bonchev–Trinajstić information content (AvgIpc) is 2.88. The van der Waals surface area contributed by atoms with Crippen molar-refractivity contribution >= 4 is 5.91 Å². The largest absolute Gasteiger partial charge is 0.391 e. The number of amides is 1. The van der Waals surface area contributed by atoms with Crippen molar-refractivity contribution in [2.75, 3.05) is 6.54 Å². The van der Waals surface area contributed by atoms with Gasteiger partial charge in [-0.2, -0.15) is 0 Å². The van der Waals surface area contributed by atoms with E-state index in [0.29, 0.717) is 18.9 Å². The maximum Gasteiger partial charge on any atom is 0.220 e. The lowest BCUT2D eigenvalue weighted by Gasteiger charge is -2.21. The van der Waals surface area contributed by atoms with Gasteiger partial charge in [0.2, 0.25) is 5.91 Å². The molecule has 2 rings (SSSR count). The van der Waals surface area contributed by atoms with Crippen LogP contribution >= 0.6 is 0 Å². The Morgan fingerprint density at radius 3 is 2.82 bits per heavy atom. The Morgan fingerprint density at radius 2 is 2.24 bits per heavy atom. The zero-order valence-corrected chi connectivity index (χ0v) is 10.8. The molecule has 0 heterocycles. The Hall–Kier alpha value is -0.570. The predicted octanol–water partition coefficient (Wildman–Crippen LogP) is 2.09. The van der Waals surface area contributed by atoms with Gasteiger partial charge in [0.05, 0.1) is 6.10 Å². The topological polar surface area (TPSA) is 49.3 Å². The van der Waals surface area contributed by atoms with Crippen molar-refractivity contribution in [3.63, 3.8) is 0 Å². The molecule has 3 heteroatoms. The van der Waals surface area contributed by atoms with Crippen molar-refractivity contribution in [2.45, 2.75) is 58.0 Å². The number of hydrogen-bond acceptors (Lipinski definition) is 2. The van der Waals surface area contributed by atoms with Crippen LogP contribution in [-0.4, -0.2) is 23.7 Å². The van der Waals surface area contributed by atoms with Crippen molar-refractivity contribution in [3.05, 3.63) is 0 Å². The number of carbonyl (C=O) groups is 1. The van der Waals surface area contributed by atoms with Crippen molar-refractivity contribution in [2.24, 2.45) is 17.8 Å². The summed E-state index contributed by atoms with van der Waals surface area (Å²) < 4.78 is 0. The quantitative estimate of drug-likeness (QED) is 0.745. The van der Waals surface area contributed by atoms with Gasteiger partial charge in [0, 0.05) is 13.0 Å². The second-order valence-corrected chi connectivity index (χ2v) is 5.89. The predicted molar refractivity (Wildman–Crippen MR) is 67.5 cm³/mol. The second kappa shape index (κ2) is 5.85. The monoisotopic (exact) mass is 239 g/mol. The first-order valence-electron chi connectivity index (χ1n) is 7.13. The van der Waals surface area contributed by atoms with E-state index in [1.807, 2.05) is 6.92 Å². The number of aliphatic hydroxyl groups excluding tert-OH is 1. The van der Waals surface area contributed by atoms with E-state index in [4.69, 9.17) is 0 Å². The van der Waals surface area contributed by atoms with Gasteiger partial charge in [0.1, 0.15) is 0 Å². The normalized spacial score (nSPS) is 32.7. The van der Waals surface area contributed by atoms with E-state index in [1.165, 1.54) is 25.7 Å². The molecule has 98 valence electrons. The standard InChI is InChI=1S/C14H25NO2/c1-2-3-13(16)9-15-14(17)8-12-7-10-4-5-11(12)6-10/h10-13,16H,2-9H2,1H3,(H,15,17). The number of aliphatic hydroxyl groups is 1. The van der Waals surface area contributed by atoms with Crippen LogP contribution in [0, 0.1) is 17.8 Å². The first-order valence-corrected chi connectivity index (χ1v) is 7.13. The van der Waals surface area contributed by atoms with E-state index < -0.39 is 0 Å². The minimum atomic E-state index is -0.371. The van der Waals surface area contributed by atoms with Crippen LogP contribution in [0.3, 0.4) is 0 Å². The molecule has 4 atom stereocenters. The molecule has 2 N–H and O–H groups in total. The molecule has 2 bridgehead atoms. The molecule has 0 aromatic rings. The number of hydrogen-bond donors (Lipinski definition) is 2. The smallest absolute Gasteiger partial charge is 0.220 e. The van der Waals surface area contributed by atoms with Crippen LogP contribution < -0.4 is 5.32 Å². The summed E-state index contributed by atoms with van der Waals surface area (Å²) >= 11 is 0. The van der Waals surface area contributed by atoms with Gasteiger partial charge in [-0.3, -0.25) is 4.79 Å². The summed E-state index contributed by atoms with van der Waals surface area (Å²) in [5.74, 6) is 2.48. The van der Waals surface area contributed by atoms with Gasteiger partial charge in [-0.1, -0.05) is 19.8 Å². The molecule has 1 amide bonds. The Labute approximate surface area is 104 Å². The molecule has 4 unspecified atom stereocenters. The molecule has 0 saturated heterocycles. The van der Waals surface area contributed by atoms with Gasteiger partial charge < -0.3 is 10.4 Å². The van der Waals surface area contributed by atoms with Gasteiger partial charge in [-0.25, -0.2) is 0 Å². The van der Waals surface area contributed by atoms with Crippen LogP contribution in [0.5, 0.6) is 0 Å². The third-order valence-corrected chi connectivity index (χ3v) is 4.49. The molecule has 2 fully saturated rings. The van der Waals surface area contributed by atoms with Gasteiger partial charge in [0.25, 0.3) is 0 Å². The van der Waals surface area contributed by atoms with E-state index in [2.05, 4.69) is 5.32 Å². The van der Waals surface area contributed by atoms with Crippen LogP contribution in [0.2, 0.25) is 0 Å². The molecular formula is C14H25NO2. The highest BCUT2D eigenvalue weighted by molar-refractivity contribution is 5.76. The lowest BCUT2D eigenvalue weighted by molar-refractivity contribution is -0.122. The van der Waals surface area contributed by atoms with E-state index in [0.717, 1.165) is 24.7 Å². The summed E-state index contributed by atoms with van der Waals surface area (Å²) in [7, 11) is 0.